The zero-order valence-electron chi connectivity index (χ0n) is 15.9. The number of aryl methyl sites for hydroxylation is 1. The van der Waals surface area contributed by atoms with E-state index in [1.807, 2.05) is 68.4 Å². The number of amides is 2. The number of benzene rings is 2. The summed E-state index contributed by atoms with van der Waals surface area (Å²) in [6.07, 6.45) is 1.12. The molecule has 1 unspecified atom stereocenters. The van der Waals surface area contributed by atoms with Gasteiger partial charge in [0.1, 0.15) is 11.8 Å². The van der Waals surface area contributed by atoms with Gasteiger partial charge >= 0.3 is 0 Å². The molecule has 142 valence electrons. The van der Waals surface area contributed by atoms with Crippen LogP contribution in [-0.4, -0.2) is 42.5 Å². The average Bonchev–Trinajstić information content (AvgIpc) is 2.70. The van der Waals surface area contributed by atoms with Crippen LogP contribution in [0.2, 0.25) is 0 Å². The number of hydrogen-bond acceptors (Lipinski definition) is 3. The third-order valence-electron chi connectivity index (χ3n) is 4.91. The number of rotatable bonds is 6. The van der Waals surface area contributed by atoms with Crippen LogP contribution in [0.25, 0.3) is 0 Å². The first-order chi connectivity index (χ1) is 13.1. The fourth-order valence-corrected chi connectivity index (χ4v) is 3.40. The van der Waals surface area contributed by atoms with Crippen molar-refractivity contribution in [3.05, 3.63) is 60.2 Å². The molecule has 5 heteroatoms. The summed E-state index contributed by atoms with van der Waals surface area (Å²) >= 11 is 0. The smallest absolute Gasteiger partial charge is 0.249 e. The molecule has 0 spiro atoms. The van der Waals surface area contributed by atoms with Gasteiger partial charge in [-0.2, -0.15) is 0 Å². The van der Waals surface area contributed by atoms with Crippen molar-refractivity contribution < 1.29 is 14.3 Å². The molecular formula is C22H26N2O3. The van der Waals surface area contributed by atoms with Crippen molar-refractivity contribution in [3.8, 4) is 5.75 Å². The monoisotopic (exact) mass is 366 g/mol. The molecule has 1 fully saturated rings. The van der Waals surface area contributed by atoms with Gasteiger partial charge in [0.15, 0.2) is 0 Å². The van der Waals surface area contributed by atoms with E-state index in [4.69, 9.17) is 4.74 Å². The average molecular weight is 366 g/mol. The highest BCUT2D eigenvalue weighted by atomic mass is 16.5. The van der Waals surface area contributed by atoms with E-state index in [1.165, 1.54) is 0 Å². The van der Waals surface area contributed by atoms with Crippen molar-refractivity contribution in [3.63, 3.8) is 0 Å². The Hall–Kier alpha value is -2.82. The third kappa shape index (κ3) is 4.48. The van der Waals surface area contributed by atoms with E-state index in [9.17, 15) is 9.59 Å². The summed E-state index contributed by atoms with van der Waals surface area (Å²) in [5.74, 6) is 0.779. The maximum absolute atomic E-state index is 12.8. The van der Waals surface area contributed by atoms with E-state index in [0.717, 1.165) is 17.0 Å². The molecular weight excluding hydrogens is 340 g/mol. The molecule has 0 N–H and O–H groups in total. The molecule has 1 atom stereocenters. The number of anilines is 1. The second-order valence-electron chi connectivity index (χ2n) is 6.67. The van der Waals surface area contributed by atoms with Gasteiger partial charge in [-0.15, -0.1) is 0 Å². The standard InChI is InChI=1S/C22H26N2O3/c1-3-27-20-12-10-19(11-13-20)24-16-15-23(17(2)22(24)26)21(25)14-9-18-7-5-4-6-8-18/h4-8,10-13,17H,3,9,14-16H2,1-2H3. The van der Waals surface area contributed by atoms with Crippen molar-refractivity contribution in [1.82, 2.24) is 4.90 Å². The summed E-state index contributed by atoms with van der Waals surface area (Å²) in [5.41, 5.74) is 1.98. The van der Waals surface area contributed by atoms with Crippen LogP contribution >= 0.6 is 0 Å². The normalized spacial score (nSPS) is 17.1. The predicted molar refractivity (Wildman–Crippen MR) is 106 cm³/mol. The lowest BCUT2D eigenvalue weighted by Crippen LogP contribution is -2.57. The molecule has 0 aliphatic carbocycles. The van der Waals surface area contributed by atoms with Crippen LogP contribution in [0, 0.1) is 0 Å². The van der Waals surface area contributed by atoms with E-state index in [2.05, 4.69) is 0 Å². The van der Waals surface area contributed by atoms with Gasteiger partial charge in [0, 0.05) is 25.2 Å². The zero-order valence-corrected chi connectivity index (χ0v) is 15.9. The fraction of sp³-hybridized carbons (Fsp3) is 0.364. The number of ether oxygens (including phenoxy) is 1. The Morgan fingerprint density at radius 1 is 1.07 bits per heavy atom. The zero-order chi connectivity index (χ0) is 19.2. The Morgan fingerprint density at radius 2 is 1.78 bits per heavy atom. The quantitative estimate of drug-likeness (QED) is 0.788. The minimum Gasteiger partial charge on any atom is -0.494 e. The van der Waals surface area contributed by atoms with Crippen LogP contribution < -0.4 is 9.64 Å². The largest absolute Gasteiger partial charge is 0.494 e. The molecule has 5 nitrogen and oxygen atoms in total. The minimum atomic E-state index is -0.450. The van der Waals surface area contributed by atoms with Crippen molar-refractivity contribution in [1.29, 1.82) is 0 Å². The highest BCUT2D eigenvalue weighted by molar-refractivity contribution is 6.00. The molecule has 1 aliphatic rings. The Kier molecular flexibility index (Phi) is 6.12. The van der Waals surface area contributed by atoms with Crippen molar-refractivity contribution in [2.24, 2.45) is 0 Å². The van der Waals surface area contributed by atoms with E-state index >= 15 is 0 Å². The van der Waals surface area contributed by atoms with Crippen LogP contribution in [-0.2, 0) is 16.0 Å². The minimum absolute atomic E-state index is 0.0334. The van der Waals surface area contributed by atoms with E-state index in [0.29, 0.717) is 32.5 Å². The topological polar surface area (TPSA) is 49.9 Å². The highest BCUT2D eigenvalue weighted by Crippen LogP contribution is 2.24. The number of carbonyl (C=O) groups is 2. The number of hydrogen-bond donors (Lipinski definition) is 0. The first kappa shape index (κ1) is 19.0. The van der Waals surface area contributed by atoms with Crippen LogP contribution in [0.3, 0.4) is 0 Å². The van der Waals surface area contributed by atoms with Crippen LogP contribution in [0.1, 0.15) is 25.8 Å². The van der Waals surface area contributed by atoms with Gasteiger partial charge < -0.3 is 14.5 Å². The molecule has 2 amide bonds. The molecule has 2 aromatic carbocycles. The summed E-state index contributed by atoms with van der Waals surface area (Å²) in [4.78, 5) is 28.9. The first-order valence-electron chi connectivity index (χ1n) is 9.47. The van der Waals surface area contributed by atoms with Crippen LogP contribution in [0.5, 0.6) is 5.75 Å². The van der Waals surface area contributed by atoms with Gasteiger partial charge in [0.25, 0.3) is 0 Å². The molecule has 2 aromatic rings. The van der Waals surface area contributed by atoms with Gasteiger partial charge in [0.2, 0.25) is 11.8 Å². The van der Waals surface area contributed by atoms with Crippen molar-refractivity contribution >= 4 is 17.5 Å². The molecule has 27 heavy (non-hydrogen) atoms. The summed E-state index contributed by atoms with van der Waals surface area (Å²) in [7, 11) is 0. The Morgan fingerprint density at radius 3 is 2.44 bits per heavy atom. The van der Waals surface area contributed by atoms with Gasteiger partial charge in [-0.25, -0.2) is 0 Å². The number of nitrogens with zero attached hydrogens (tertiary/aromatic N) is 2. The van der Waals surface area contributed by atoms with Crippen molar-refractivity contribution in [2.45, 2.75) is 32.7 Å². The molecule has 1 saturated heterocycles. The van der Waals surface area contributed by atoms with Crippen LogP contribution in [0.4, 0.5) is 5.69 Å². The summed E-state index contributed by atoms with van der Waals surface area (Å²) < 4.78 is 5.45. The lowest BCUT2D eigenvalue weighted by Gasteiger charge is -2.39. The number of piperazine rings is 1. The Balaban J connectivity index is 1.61. The van der Waals surface area contributed by atoms with E-state index in [1.54, 1.807) is 9.80 Å². The third-order valence-corrected chi connectivity index (χ3v) is 4.91. The van der Waals surface area contributed by atoms with E-state index < -0.39 is 6.04 Å². The maximum atomic E-state index is 12.8. The molecule has 0 aromatic heterocycles. The molecule has 3 rings (SSSR count). The Labute approximate surface area is 160 Å². The SMILES string of the molecule is CCOc1ccc(N2CCN(C(=O)CCc3ccccc3)C(C)C2=O)cc1. The van der Waals surface area contributed by atoms with Gasteiger partial charge in [-0.05, 0) is 50.1 Å². The fourth-order valence-electron chi connectivity index (χ4n) is 3.40. The summed E-state index contributed by atoms with van der Waals surface area (Å²) in [6.45, 7) is 5.41. The predicted octanol–water partition coefficient (Wildman–Crippen LogP) is 3.28. The van der Waals surface area contributed by atoms with Gasteiger partial charge in [-0.3, -0.25) is 9.59 Å². The van der Waals surface area contributed by atoms with Crippen LogP contribution in [0.15, 0.2) is 54.6 Å². The highest BCUT2D eigenvalue weighted by Gasteiger charge is 2.34. The Bertz CT molecular complexity index is 774. The second kappa shape index (κ2) is 8.71. The van der Waals surface area contributed by atoms with Gasteiger partial charge in [0.05, 0.1) is 6.61 Å². The lowest BCUT2D eigenvalue weighted by molar-refractivity contribution is -0.140. The van der Waals surface area contributed by atoms with Gasteiger partial charge in [-0.1, -0.05) is 30.3 Å². The molecule has 0 saturated carbocycles. The number of carbonyl (C=O) groups excluding carboxylic acids is 2. The first-order valence-corrected chi connectivity index (χ1v) is 9.47. The second-order valence-corrected chi connectivity index (χ2v) is 6.67. The molecule has 1 heterocycles. The molecule has 0 bridgehead atoms. The maximum Gasteiger partial charge on any atom is 0.249 e. The van der Waals surface area contributed by atoms with E-state index in [-0.39, 0.29) is 11.8 Å². The molecule has 0 radical (unpaired) electrons. The molecule has 1 aliphatic heterocycles. The van der Waals surface area contributed by atoms with Crippen molar-refractivity contribution in [2.75, 3.05) is 24.6 Å². The summed E-state index contributed by atoms with van der Waals surface area (Å²) in [6, 6.07) is 17.0. The lowest BCUT2D eigenvalue weighted by atomic mass is 10.1. The summed E-state index contributed by atoms with van der Waals surface area (Å²) in [5, 5.41) is 0.